The van der Waals surface area contributed by atoms with Crippen LogP contribution < -0.4 is 0 Å². The van der Waals surface area contributed by atoms with Crippen molar-refractivity contribution in [1.29, 1.82) is 0 Å². The molecule has 0 radical (unpaired) electrons. The molecule has 0 fully saturated rings. The Balaban J connectivity index is 2.44. The summed E-state index contributed by atoms with van der Waals surface area (Å²) in [5, 5.41) is 0. The molecule has 2 aromatic rings. The molecule has 0 aromatic carbocycles. The molecule has 84 valence electrons. The smallest absolute Gasteiger partial charge is 0.137 e. The van der Waals surface area contributed by atoms with Crippen LogP contribution in [0.25, 0.3) is 5.82 Å². The van der Waals surface area contributed by atoms with Crippen LogP contribution in [-0.4, -0.2) is 9.55 Å². The number of aryl methyl sites for hydroxylation is 3. The molecule has 2 heterocycles. The van der Waals surface area contributed by atoms with Crippen LogP contribution in [0.5, 0.6) is 0 Å². The highest BCUT2D eigenvalue weighted by atomic mass is 15.1. The number of hydrogen-bond donors (Lipinski definition) is 0. The van der Waals surface area contributed by atoms with Crippen molar-refractivity contribution in [2.45, 2.75) is 33.6 Å². The Morgan fingerprint density at radius 2 is 1.75 bits per heavy atom. The highest BCUT2D eigenvalue weighted by molar-refractivity contribution is 5.32. The van der Waals surface area contributed by atoms with Crippen LogP contribution >= 0.6 is 0 Å². The fraction of sp³-hybridized carbons (Fsp3) is 0.357. The molecular weight excluding hydrogens is 196 g/mol. The minimum absolute atomic E-state index is 1.03. The summed E-state index contributed by atoms with van der Waals surface area (Å²) in [7, 11) is 0. The van der Waals surface area contributed by atoms with Crippen LogP contribution in [0.2, 0.25) is 0 Å². The van der Waals surface area contributed by atoms with Crippen molar-refractivity contribution in [3.63, 3.8) is 0 Å². The maximum Gasteiger partial charge on any atom is 0.137 e. The summed E-state index contributed by atoms with van der Waals surface area (Å²) in [6.07, 6.45) is 2.19. The van der Waals surface area contributed by atoms with Crippen molar-refractivity contribution in [3.8, 4) is 5.82 Å². The SMILES string of the molecule is CCCc1cccc(-n2c(C)ccc2C)n1. The largest absolute Gasteiger partial charge is 0.303 e. The standard InChI is InChI=1S/C14H18N2/c1-4-6-13-7-5-8-14(15-13)16-11(2)9-10-12(16)3/h5,7-10H,4,6H2,1-3H3. The van der Waals surface area contributed by atoms with Gasteiger partial charge in [0.25, 0.3) is 0 Å². The maximum atomic E-state index is 4.69. The van der Waals surface area contributed by atoms with Gasteiger partial charge in [0.1, 0.15) is 5.82 Å². The third-order valence-corrected chi connectivity index (χ3v) is 2.80. The molecule has 2 aromatic heterocycles. The summed E-state index contributed by atoms with van der Waals surface area (Å²) >= 11 is 0. The topological polar surface area (TPSA) is 17.8 Å². The zero-order chi connectivity index (χ0) is 11.5. The minimum atomic E-state index is 1.03. The lowest BCUT2D eigenvalue weighted by molar-refractivity contribution is 0.849. The lowest BCUT2D eigenvalue weighted by Crippen LogP contribution is -2.03. The third kappa shape index (κ3) is 2.01. The Bertz CT molecular complexity index is 464. The van der Waals surface area contributed by atoms with Crippen LogP contribution in [0, 0.1) is 13.8 Å². The van der Waals surface area contributed by atoms with Gasteiger partial charge in [-0.05, 0) is 44.5 Å². The Morgan fingerprint density at radius 3 is 2.38 bits per heavy atom. The highest BCUT2D eigenvalue weighted by Crippen LogP contribution is 2.14. The highest BCUT2D eigenvalue weighted by Gasteiger charge is 2.05. The molecule has 0 bridgehead atoms. The second kappa shape index (κ2) is 4.52. The first-order chi connectivity index (χ1) is 7.72. The molecule has 2 rings (SSSR count). The second-order valence-electron chi connectivity index (χ2n) is 4.19. The first kappa shape index (κ1) is 10.9. The van der Waals surface area contributed by atoms with Gasteiger partial charge in [0.2, 0.25) is 0 Å². The van der Waals surface area contributed by atoms with Crippen LogP contribution in [0.3, 0.4) is 0 Å². The molecule has 0 aliphatic rings. The molecule has 0 unspecified atom stereocenters. The molecule has 2 nitrogen and oxygen atoms in total. The van der Waals surface area contributed by atoms with Gasteiger partial charge in [-0.2, -0.15) is 0 Å². The van der Waals surface area contributed by atoms with Crippen LogP contribution in [0.1, 0.15) is 30.4 Å². The Morgan fingerprint density at radius 1 is 1.06 bits per heavy atom. The van der Waals surface area contributed by atoms with E-state index in [1.165, 1.54) is 17.1 Å². The van der Waals surface area contributed by atoms with Crippen molar-refractivity contribution in [2.24, 2.45) is 0 Å². The Hall–Kier alpha value is -1.57. The molecule has 0 aliphatic carbocycles. The molecule has 16 heavy (non-hydrogen) atoms. The molecule has 0 atom stereocenters. The van der Waals surface area contributed by atoms with Crippen LogP contribution in [0.15, 0.2) is 30.3 Å². The lowest BCUT2D eigenvalue weighted by atomic mass is 10.2. The van der Waals surface area contributed by atoms with Crippen molar-refractivity contribution in [1.82, 2.24) is 9.55 Å². The summed E-state index contributed by atoms with van der Waals surface area (Å²) < 4.78 is 2.19. The van der Waals surface area contributed by atoms with E-state index in [1.807, 2.05) is 0 Å². The maximum absolute atomic E-state index is 4.69. The predicted octanol–water partition coefficient (Wildman–Crippen LogP) is 3.44. The lowest BCUT2D eigenvalue weighted by Gasteiger charge is -2.09. The van der Waals surface area contributed by atoms with E-state index in [0.717, 1.165) is 18.7 Å². The average Bonchev–Trinajstić information content (AvgIpc) is 2.59. The molecule has 0 amide bonds. The van der Waals surface area contributed by atoms with Crippen molar-refractivity contribution < 1.29 is 0 Å². The third-order valence-electron chi connectivity index (χ3n) is 2.80. The number of rotatable bonds is 3. The van der Waals surface area contributed by atoms with Crippen molar-refractivity contribution >= 4 is 0 Å². The van der Waals surface area contributed by atoms with Gasteiger partial charge < -0.3 is 4.57 Å². The second-order valence-corrected chi connectivity index (χ2v) is 4.19. The van der Waals surface area contributed by atoms with Gasteiger partial charge in [-0.15, -0.1) is 0 Å². The molecule has 0 saturated heterocycles. The molecule has 0 saturated carbocycles. The van der Waals surface area contributed by atoms with E-state index < -0.39 is 0 Å². The average molecular weight is 214 g/mol. The number of aromatic nitrogens is 2. The van der Waals surface area contributed by atoms with Gasteiger partial charge in [0, 0.05) is 17.1 Å². The van der Waals surface area contributed by atoms with Gasteiger partial charge in [0.15, 0.2) is 0 Å². The van der Waals surface area contributed by atoms with E-state index in [4.69, 9.17) is 0 Å². The van der Waals surface area contributed by atoms with Crippen LogP contribution in [-0.2, 0) is 6.42 Å². The first-order valence-corrected chi connectivity index (χ1v) is 5.83. The van der Waals surface area contributed by atoms with E-state index >= 15 is 0 Å². The van der Waals surface area contributed by atoms with Gasteiger partial charge in [-0.25, -0.2) is 4.98 Å². The molecule has 0 spiro atoms. The summed E-state index contributed by atoms with van der Waals surface area (Å²) in [6, 6.07) is 10.5. The molecular formula is C14H18N2. The normalized spacial score (nSPS) is 10.7. The number of hydrogen-bond acceptors (Lipinski definition) is 1. The van der Waals surface area contributed by atoms with Gasteiger partial charge in [-0.1, -0.05) is 19.4 Å². The number of nitrogens with zero attached hydrogens (tertiary/aromatic N) is 2. The molecule has 0 N–H and O–H groups in total. The van der Waals surface area contributed by atoms with Crippen molar-refractivity contribution in [3.05, 3.63) is 47.4 Å². The monoisotopic (exact) mass is 214 g/mol. The fourth-order valence-electron chi connectivity index (χ4n) is 2.02. The molecule has 0 aliphatic heterocycles. The zero-order valence-corrected chi connectivity index (χ0v) is 10.2. The summed E-state index contributed by atoms with van der Waals surface area (Å²) in [6.45, 7) is 6.41. The summed E-state index contributed by atoms with van der Waals surface area (Å²) in [5.74, 6) is 1.03. The summed E-state index contributed by atoms with van der Waals surface area (Å²) in [5.41, 5.74) is 3.64. The van der Waals surface area contributed by atoms with Crippen molar-refractivity contribution in [2.75, 3.05) is 0 Å². The van der Waals surface area contributed by atoms with Gasteiger partial charge >= 0.3 is 0 Å². The Labute approximate surface area is 97.0 Å². The first-order valence-electron chi connectivity index (χ1n) is 5.83. The van der Waals surface area contributed by atoms with E-state index in [2.05, 4.69) is 60.7 Å². The van der Waals surface area contributed by atoms with E-state index in [1.54, 1.807) is 0 Å². The molecule has 2 heteroatoms. The zero-order valence-electron chi connectivity index (χ0n) is 10.2. The predicted molar refractivity (Wildman–Crippen MR) is 67.0 cm³/mol. The fourth-order valence-corrected chi connectivity index (χ4v) is 2.02. The van der Waals surface area contributed by atoms with E-state index in [9.17, 15) is 0 Å². The quantitative estimate of drug-likeness (QED) is 0.765. The van der Waals surface area contributed by atoms with Crippen LogP contribution in [0.4, 0.5) is 0 Å². The minimum Gasteiger partial charge on any atom is -0.303 e. The van der Waals surface area contributed by atoms with E-state index in [0.29, 0.717) is 0 Å². The van der Waals surface area contributed by atoms with E-state index in [-0.39, 0.29) is 0 Å². The summed E-state index contributed by atoms with van der Waals surface area (Å²) in [4.78, 5) is 4.69. The Kier molecular flexibility index (Phi) is 3.09. The van der Waals surface area contributed by atoms with Gasteiger partial charge in [0.05, 0.1) is 0 Å². The number of pyridine rings is 1. The van der Waals surface area contributed by atoms with Gasteiger partial charge in [-0.3, -0.25) is 0 Å².